The first-order chi connectivity index (χ1) is 21.7. The van der Waals surface area contributed by atoms with E-state index >= 15 is 0 Å². The Morgan fingerprint density at radius 2 is 1.78 bits per heavy atom. The van der Waals surface area contributed by atoms with E-state index in [9.17, 15) is 22.8 Å². The van der Waals surface area contributed by atoms with E-state index in [1.54, 1.807) is 24.3 Å². The molecule has 0 saturated heterocycles. The molecule has 0 spiro atoms. The van der Waals surface area contributed by atoms with Gasteiger partial charge in [-0.3, -0.25) is 14.5 Å². The molecule has 1 aliphatic rings. The van der Waals surface area contributed by atoms with Crippen LogP contribution in [0.1, 0.15) is 52.7 Å². The Balaban J connectivity index is 1.36. The van der Waals surface area contributed by atoms with Crippen molar-refractivity contribution in [2.24, 2.45) is 0 Å². The van der Waals surface area contributed by atoms with Gasteiger partial charge in [0.15, 0.2) is 0 Å². The quantitative estimate of drug-likeness (QED) is 0.171. The minimum absolute atomic E-state index is 0.0889. The lowest BCUT2D eigenvalue weighted by Crippen LogP contribution is -2.34. The zero-order valence-electron chi connectivity index (χ0n) is 24.9. The normalized spacial score (nSPS) is 13.8. The molecular weight excluding hydrogens is 599 g/mol. The van der Waals surface area contributed by atoms with Crippen LogP contribution in [0, 0.1) is 6.92 Å². The van der Waals surface area contributed by atoms with Gasteiger partial charge in [-0.2, -0.15) is 13.2 Å². The van der Waals surface area contributed by atoms with Gasteiger partial charge in [-0.05, 0) is 74.1 Å². The molecule has 11 heteroatoms. The fourth-order valence-corrected chi connectivity index (χ4v) is 6.01. The Morgan fingerprint density at radius 3 is 2.58 bits per heavy atom. The molecule has 4 bridgehead atoms. The standard InChI is InChI=1S/C34H34F3N5O2S/c1-24-11-4-6-14-26(24)33(44)42(23-43)22-10-21-41-20-8-2-3-12-25-13-5-7-15-27(25)32-28(34(35,36)37)18-19-29(38-32)40-45-31-17-9-16-30(41)39-31/h4-7,9,11,13-19,23H,2-3,8,10,12,20-22H2,1H3,(H,38,40). The topological polar surface area (TPSA) is 78.4 Å². The summed E-state index contributed by atoms with van der Waals surface area (Å²) in [5, 5.41) is 0.623. The number of halogens is 3. The van der Waals surface area contributed by atoms with Crippen molar-refractivity contribution in [2.75, 3.05) is 29.3 Å². The van der Waals surface area contributed by atoms with Crippen molar-refractivity contribution >= 4 is 35.9 Å². The van der Waals surface area contributed by atoms with Gasteiger partial charge in [0.05, 0.1) is 11.3 Å². The largest absolute Gasteiger partial charge is 0.418 e. The monoisotopic (exact) mass is 633 g/mol. The number of alkyl halides is 3. The van der Waals surface area contributed by atoms with Gasteiger partial charge >= 0.3 is 6.18 Å². The smallest absolute Gasteiger partial charge is 0.357 e. The molecule has 0 unspecified atom stereocenters. The van der Waals surface area contributed by atoms with Crippen LogP contribution in [0.4, 0.5) is 24.8 Å². The molecule has 0 fully saturated rings. The molecule has 45 heavy (non-hydrogen) atoms. The summed E-state index contributed by atoms with van der Waals surface area (Å²) in [5.74, 6) is 0.712. The summed E-state index contributed by atoms with van der Waals surface area (Å²) in [5.41, 5.74) is 1.76. The average Bonchev–Trinajstić information content (AvgIpc) is 3.04. The molecule has 0 aliphatic carbocycles. The summed E-state index contributed by atoms with van der Waals surface area (Å²) < 4.78 is 45.1. The third kappa shape index (κ3) is 8.02. The van der Waals surface area contributed by atoms with Crippen LogP contribution in [0.15, 0.2) is 83.9 Å². The predicted octanol–water partition coefficient (Wildman–Crippen LogP) is 7.81. The second kappa shape index (κ2) is 14.6. The number of hydrogen-bond donors (Lipinski definition) is 1. The Kier molecular flexibility index (Phi) is 10.4. The number of amides is 2. The molecular formula is C34H34F3N5O2S. The Hall–Kier alpha value is -4.38. The maximum atomic E-state index is 14.0. The lowest BCUT2D eigenvalue weighted by atomic mass is 9.96. The molecule has 2 aromatic heterocycles. The number of benzene rings is 2. The highest BCUT2D eigenvalue weighted by Gasteiger charge is 2.35. The maximum absolute atomic E-state index is 14.0. The molecule has 3 heterocycles. The third-order valence-electron chi connectivity index (χ3n) is 7.73. The summed E-state index contributed by atoms with van der Waals surface area (Å²) in [4.78, 5) is 37.4. The lowest BCUT2D eigenvalue weighted by Gasteiger charge is -2.26. The summed E-state index contributed by atoms with van der Waals surface area (Å²) >= 11 is 1.17. The molecule has 5 rings (SSSR count). The minimum atomic E-state index is -4.54. The number of aryl methyl sites for hydroxylation is 2. The van der Waals surface area contributed by atoms with E-state index in [1.807, 2.05) is 49.4 Å². The molecule has 2 aromatic carbocycles. The van der Waals surface area contributed by atoms with Crippen molar-refractivity contribution in [1.82, 2.24) is 14.9 Å². The number of hydrogen-bond acceptors (Lipinski definition) is 7. The number of nitrogens with zero attached hydrogens (tertiary/aromatic N) is 4. The first-order valence-corrected chi connectivity index (χ1v) is 15.7. The van der Waals surface area contributed by atoms with E-state index in [0.29, 0.717) is 54.3 Å². The van der Waals surface area contributed by atoms with Gasteiger partial charge in [0.2, 0.25) is 6.41 Å². The number of carbonyl (C=O) groups excluding carboxylic acids is 2. The summed E-state index contributed by atoms with van der Waals surface area (Å²) in [6, 6.07) is 22.4. The van der Waals surface area contributed by atoms with Crippen molar-refractivity contribution in [2.45, 2.75) is 50.2 Å². The summed E-state index contributed by atoms with van der Waals surface area (Å²) in [7, 11) is 0. The van der Waals surface area contributed by atoms with Crippen LogP contribution >= 0.6 is 11.9 Å². The van der Waals surface area contributed by atoms with Gasteiger partial charge in [-0.25, -0.2) is 9.97 Å². The van der Waals surface area contributed by atoms with Crippen molar-refractivity contribution in [3.63, 3.8) is 0 Å². The number of fused-ring (bicyclic) bond motifs is 6. The molecule has 4 aromatic rings. The van der Waals surface area contributed by atoms with E-state index in [-0.39, 0.29) is 18.1 Å². The van der Waals surface area contributed by atoms with Gasteiger partial charge in [0, 0.05) is 42.7 Å². The van der Waals surface area contributed by atoms with Crippen LogP contribution in [0.2, 0.25) is 0 Å². The van der Waals surface area contributed by atoms with Crippen LogP contribution in [-0.4, -0.2) is 46.8 Å². The number of aromatic nitrogens is 2. The number of anilines is 2. The summed E-state index contributed by atoms with van der Waals surface area (Å²) in [6.07, 6.45) is -0.310. The van der Waals surface area contributed by atoms with Crippen molar-refractivity contribution < 1.29 is 22.8 Å². The van der Waals surface area contributed by atoms with Gasteiger partial charge in [0.1, 0.15) is 16.7 Å². The van der Waals surface area contributed by atoms with Gasteiger partial charge in [0.25, 0.3) is 5.91 Å². The lowest BCUT2D eigenvalue weighted by molar-refractivity contribution is -0.137. The second-order valence-corrected chi connectivity index (χ2v) is 11.7. The van der Waals surface area contributed by atoms with E-state index in [1.165, 1.54) is 22.9 Å². The predicted molar refractivity (Wildman–Crippen MR) is 171 cm³/mol. The van der Waals surface area contributed by atoms with Crippen LogP contribution in [0.3, 0.4) is 0 Å². The third-order valence-corrected chi connectivity index (χ3v) is 8.48. The zero-order chi connectivity index (χ0) is 31.8. The SMILES string of the molecule is Cc1ccccc1C(=O)N(C=O)CCCN1CCCCCc2ccccc2-c2nc(ccc2C(F)(F)F)NSc2cccc1n2. The van der Waals surface area contributed by atoms with Crippen LogP contribution < -0.4 is 9.62 Å². The maximum Gasteiger partial charge on any atom is 0.418 e. The van der Waals surface area contributed by atoms with Crippen molar-refractivity contribution in [3.8, 4) is 11.3 Å². The first kappa shape index (κ1) is 32.0. The number of pyridine rings is 2. The van der Waals surface area contributed by atoms with Gasteiger partial charge in [-0.15, -0.1) is 0 Å². The molecule has 234 valence electrons. The van der Waals surface area contributed by atoms with E-state index in [0.717, 1.165) is 42.3 Å². The molecule has 0 atom stereocenters. The van der Waals surface area contributed by atoms with Gasteiger partial charge in [-0.1, -0.05) is 55.0 Å². The highest BCUT2D eigenvalue weighted by molar-refractivity contribution is 8.00. The highest BCUT2D eigenvalue weighted by Crippen LogP contribution is 2.39. The zero-order valence-corrected chi connectivity index (χ0v) is 25.7. The molecule has 1 aliphatic heterocycles. The fourth-order valence-electron chi connectivity index (χ4n) is 5.40. The molecule has 0 radical (unpaired) electrons. The van der Waals surface area contributed by atoms with E-state index in [4.69, 9.17) is 4.98 Å². The van der Waals surface area contributed by atoms with E-state index in [2.05, 4.69) is 14.6 Å². The molecule has 7 nitrogen and oxygen atoms in total. The summed E-state index contributed by atoms with van der Waals surface area (Å²) in [6.45, 7) is 3.38. The number of carbonyl (C=O) groups is 2. The van der Waals surface area contributed by atoms with Crippen LogP contribution in [0.25, 0.3) is 11.3 Å². The van der Waals surface area contributed by atoms with Crippen LogP contribution in [0.5, 0.6) is 0 Å². The first-order valence-electron chi connectivity index (χ1n) is 14.9. The Morgan fingerprint density at radius 1 is 0.978 bits per heavy atom. The van der Waals surface area contributed by atoms with Gasteiger partial charge < -0.3 is 9.62 Å². The van der Waals surface area contributed by atoms with E-state index < -0.39 is 11.7 Å². The Bertz CT molecular complexity index is 1650. The van der Waals surface area contributed by atoms with Crippen molar-refractivity contribution in [3.05, 3.63) is 101 Å². The van der Waals surface area contributed by atoms with Crippen LogP contribution in [-0.2, 0) is 17.4 Å². The minimum Gasteiger partial charge on any atom is -0.357 e. The fraction of sp³-hybridized carbons (Fsp3) is 0.294. The Labute approximate surface area is 265 Å². The number of imide groups is 1. The second-order valence-electron chi connectivity index (χ2n) is 10.9. The average molecular weight is 634 g/mol. The number of rotatable bonds is 6. The van der Waals surface area contributed by atoms with Crippen molar-refractivity contribution in [1.29, 1.82) is 0 Å². The molecule has 2 amide bonds. The molecule has 0 saturated carbocycles. The molecule has 1 N–H and O–H groups in total. The number of nitrogens with one attached hydrogen (secondary N) is 1. The highest BCUT2D eigenvalue weighted by atomic mass is 32.2.